The van der Waals surface area contributed by atoms with Crippen LogP contribution in [-0.4, -0.2) is 74.1 Å². The van der Waals surface area contributed by atoms with E-state index in [0.717, 1.165) is 54.0 Å². The fourth-order valence-corrected chi connectivity index (χ4v) is 7.15. The van der Waals surface area contributed by atoms with Gasteiger partial charge in [-0.1, -0.05) is 25.6 Å². The van der Waals surface area contributed by atoms with Crippen LogP contribution < -0.4 is 15.4 Å². The van der Waals surface area contributed by atoms with E-state index in [-0.39, 0.29) is 12.3 Å². The van der Waals surface area contributed by atoms with Gasteiger partial charge in [-0.05, 0) is 63.2 Å². The number of pyridine rings is 1. The molecule has 2 aliphatic rings. The number of hydrogen-bond donors (Lipinski definition) is 2. The Morgan fingerprint density at radius 1 is 1.12 bits per heavy atom. The second kappa shape index (κ2) is 11.7. The number of anilines is 1. The Labute approximate surface area is 246 Å². The molecule has 0 radical (unpaired) electrons. The third kappa shape index (κ3) is 6.10. The van der Waals surface area contributed by atoms with E-state index in [0.29, 0.717) is 18.2 Å². The second-order valence-corrected chi connectivity index (χ2v) is 17.8. The summed E-state index contributed by atoms with van der Waals surface area (Å²) in [6.07, 6.45) is 2.37. The molecule has 1 unspecified atom stereocenters. The molecule has 0 amide bonds. The van der Waals surface area contributed by atoms with Crippen molar-refractivity contribution in [3.05, 3.63) is 40.9 Å². The first-order chi connectivity index (χ1) is 19.8. The zero-order valence-electron chi connectivity index (χ0n) is 24.5. The summed E-state index contributed by atoms with van der Waals surface area (Å²) >= 11 is 1.76. The standard InChI is InChI=1S/C31H38N6O2SSi/c1-20-19-32-28-27-22-8-9-25(34-24(22)10-11-26(27)40-29(28)31(33-20)38-2)23-18-21(12-17-41(3,4)5)35-36-30(23)39-16-15-37-13-6-7-14-37/h8-11,18,20,31-33H,6-7,13-16,19H2,1-5H3/t20-,31?/m1/s1. The van der Waals surface area contributed by atoms with Crippen LogP contribution in [0.15, 0.2) is 30.3 Å². The molecule has 6 rings (SSSR count). The molecule has 2 N–H and O–H groups in total. The Balaban J connectivity index is 1.40. The third-order valence-corrected chi connectivity index (χ3v) is 9.56. The van der Waals surface area contributed by atoms with Gasteiger partial charge < -0.3 is 14.8 Å². The number of hydrogen-bond acceptors (Lipinski definition) is 9. The number of nitrogens with zero attached hydrogens (tertiary/aromatic N) is 4. The lowest BCUT2D eigenvalue weighted by molar-refractivity contribution is 0.0709. The highest BCUT2D eigenvalue weighted by Gasteiger charge is 2.26. The Hall–Kier alpha value is -3.07. The fraction of sp³-hybridized carbons (Fsp3) is 0.452. The zero-order valence-corrected chi connectivity index (χ0v) is 26.3. The summed E-state index contributed by atoms with van der Waals surface area (Å²) in [5, 5.41) is 18.4. The number of rotatable bonds is 6. The average Bonchev–Trinajstić information content (AvgIpc) is 3.58. The minimum Gasteiger partial charge on any atom is -0.475 e. The number of ether oxygens (including phenoxy) is 2. The Kier molecular flexibility index (Phi) is 7.98. The lowest BCUT2D eigenvalue weighted by Gasteiger charge is -2.17. The van der Waals surface area contributed by atoms with Gasteiger partial charge in [-0.2, -0.15) is 0 Å². The van der Waals surface area contributed by atoms with E-state index >= 15 is 0 Å². The van der Waals surface area contributed by atoms with Gasteiger partial charge in [0.05, 0.1) is 27.3 Å². The van der Waals surface area contributed by atoms with Gasteiger partial charge in [-0.25, -0.2) is 4.98 Å². The van der Waals surface area contributed by atoms with Crippen LogP contribution in [-0.2, 0) is 4.74 Å². The fourth-order valence-electron chi connectivity index (χ4n) is 5.41. The molecule has 3 aromatic heterocycles. The Morgan fingerprint density at radius 3 is 2.73 bits per heavy atom. The number of nitrogens with one attached hydrogen (secondary N) is 2. The normalized spacial score (nSPS) is 19.4. The van der Waals surface area contributed by atoms with Gasteiger partial charge in [0.25, 0.3) is 0 Å². The molecule has 1 saturated heterocycles. The third-order valence-electron chi connectivity index (χ3n) is 7.49. The highest BCUT2D eigenvalue weighted by atomic mass is 32.1. The van der Waals surface area contributed by atoms with Gasteiger partial charge in [0.1, 0.15) is 26.6 Å². The molecule has 1 fully saturated rings. The van der Waals surface area contributed by atoms with E-state index < -0.39 is 8.07 Å². The monoisotopic (exact) mass is 586 g/mol. The predicted molar refractivity (Wildman–Crippen MR) is 170 cm³/mol. The maximum atomic E-state index is 6.22. The van der Waals surface area contributed by atoms with Gasteiger partial charge in [-0.3, -0.25) is 10.2 Å². The molecular weight excluding hydrogens is 549 g/mol. The molecule has 10 heteroatoms. The van der Waals surface area contributed by atoms with E-state index in [1.165, 1.54) is 27.8 Å². The van der Waals surface area contributed by atoms with Crippen molar-refractivity contribution in [3.8, 4) is 28.6 Å². The molecule has 5 heterocycles. The highest BCUT2D eigenvalue weighted by molar-refractivity contribution is 7.20. The quantitative estimate of drug-likeness (QED) is 0.221. The van der Waals surface area contributed by atoms with Crippen LogP contribution in [0.2, 0.25) is 19.6 Å². The number of benzene rings is 1. The van der Waals surface area contributed by atoms with E-state index in [9.17, 15) is 0 Å². The average molecular weight is 587 g/mol. The molecular formula is C31H38N6O2SSi. The minimum atomic E-state index is -1.57. The van der Waals surface area contributed by atoms with Crippen molar-refractivity contribution in [2.45, 2.75) is 51.7 Å². The molecule has 214 valence electrons. The molecule has 2 aliphatic heterocycles. The molecule has 0 spiro atoms. The topological polar surface area (TPSA) is 84.4 Å². The maximum Gasteiger partial charge on any atom is 0.243 e. The molecule has 0 aliphatic carbocycles. The van der Waals surface area contributed by atoms with Crippen molar-refractivity contribution < 1.29 is 9.47 Å². The summed E-state index contributed by atoms with van der Waals surface area (Å²) in [7, 11) is 0.186. The maximum absolute atomic E-state index is 6.22. The summed E-state index contributed by atoms with van der Waals surface area (Å²) in [6, 6.07) is 10.8. The Bertz CT molecular complexity index is 1630. The first-order valence-corrected chi connectivity index (χ1v) is 18.8. The van der Waals surface area contributed by atoms with Crippen LogP contribution >= 0.6 is 11.3 Å². The molecule has 2 atom stereocenters. The van der Waals surface area contributed by atoms with Gasteiger partial charge >= 0.3 is 0 Å². The first kappa shape index (κ1) is 28.1. The number of aromatic nitrogens is 3. The smallest absolute Gasteiger partial charge is 0.243 e. The van der Waals surface area contributed by atoms with Crippen LogP contribution in [0.5, 0.6) is 5.88 Å². The van der Waals surface area contributed by atoms with E-state index in [1.807, 2.05) is 6.07 Å². The molecule has 8 nitrogen and oxygen atoms in total. The van der Waals surface area contributed by atoms with Gasteiger partial charge in [0, 0.05) is 41.7 Å². The number of likely N-dealkylation sites (tertiary alicyclic amines) is 1. The van der Waals surface area contributed by atoms with Crippen LogP contribution in [0.3, 0.4) is 0 Å². The molecule has 1 aromatic carbocycles. The SMILES string of the molecule is COC1N[C@H](C)CNc2c1sc1ccc3nc(-c4cc(C#C[Si](C)(C)C)nnc4OCCN4CCCC4)ccc3c21. The van der Waals surface area contributed by atoms with Crippen molar-refractivity contribution in [2.24, 2.45) is 0 Å². The number of thiophene rings is 1. The van der Waals surface area contributed by atoms with Crippen molar-refractivity contribution in [1.82, 2.24) is 25.4 Å². The number of methoxy groups -OCH3 is 1. The molecule has 41 heavy (non-hydrogen) atoms. The van der Waals surface area contributed by atoms with E-state index in [1.54, 1.807) is 18.4 Å². The molecule has 0 bridgehead atoms. The van der Waals surface area contributed by atoms with Crippen molar-refractivity contribution in [2.75, 3.05) is 45.2 Å². The van der Waals surface area contributed by atoms with E-state index in [2.05, 4.69) is 88.0 Å². The van der Waals surface area contributed by atoms with Crippen molar-refractivity contribution >= 4 is 46.1 Å². The van der Waals surface area contributed by atoms with E-state index in [4.69, 9.17) is 14.5 Å². The summed E-state index contributed by atoms with van der Waals surface area (Å²) in [5.41, 5.74) is 7.73. The van der Waals surface area contributed by atoms with Crippen LogP contribution in [0.25, 0.3) is 32.2 Å². The lowest BCUT2D eigenvalue weighted by Crippen LogP contribution is -2.33. The van der Waals surface area contributed by atoms with Gasteiger partial charge in [0.2, 0.25) is 5.88 Å². The summed E-state index contributed by atoms with van der Waals surface area (Å²) in [4.78, 5) is 8.73. The summed E-state index contributed by atoms with van der Waals surface area (Å²) < 4.78 is 13.3. The van der Waals surface area contributed by atoms with Crippen LogP contribution in [0.4, 0.5) is 5.69 Å². The highest BCUT2D eigenvalue weighted by Crippen LogP contribution is 2.44. The lowest BCUT2D eigenvalue weighted by atomic mass is 10.1. The van der Waals surface area contributed by atoms with Crippen molar-refractivity contribution in [3.63, 3.8) is 0 Å². The zero-order chi connectivity index (χ0) is 28.6. The van der Waals surface area contributed by atoms with Crippen LogP contribution in [0.1, 0.15) is 36.6 Å². The van der Waals surface area contributed by atoms with Gasteiger partial charge in [0.15, 0.2) is 0 Å². The molecule has 4 aromatic rings. The Morgan fingerprint density at radius 2 is 1.95 bits per heavy atom. The second-order valence-electron chi connectivity index (χ2n) is 12.0. The number of fused-ring (bicyclic) bond motifs is 5. The first-order valence-electron chi connectivity index (χ1n) is 14.4. The predicted octanol–water partition coefficient (Wildman–Crippen LogP) is 5.66. The van der Waals surface area contributed by atoms with Crippen molar-refractivity contribution in [1.29, 1.82) is 0 Å². The minimum absolute atomic E-state index is 0.145. The summed E-state index contributed by atoms with van der Waals surface area (Å²) in [5.74, 6) is 3.76. The summed E-state index contributed by atoms with van der Waals surface area (Å²) in [6.45, 7) is 13.4. The van der Waals surface area contributed by atoms with Gasteiger partial charge in [-0.15, -0.1) is 27.1 Å². The van der Waals surface area contributed by atoms with Crippen LogP contribution in [0, 0.1) is 11.5 Å². The molecule has 0 saturated carbocycles. The largest absolute Gasteiger partial charge is 0.475 e.